The number of aromatic nitrogens is 3. The molecule has 1 spiro atoms. The zero-order chi connectivity index (χ0) is 22.8. The summed E-state index contributed by atoms with van der Waals surface area (Å²) in [7, 11) is 0. The number of halogens is 3. The second-order valence-electron chi connectivity index (χ2n) is 9.02. The fourth-order valence-corrected chi connectivity index (χ4v) is 5.35. The summed E-state index contributed by atoms with van der Waals surface area (Å²) in [5.41, 5.74) is 2.83. The topological polar surface area (TPSA) is 59.8 Å². The molecule has 0 amide bonds. The Labute approximate surface area is 189 Å². The van der Waals surface area contributed by atoms with Gasteiger partial charge in [0.15, 0.2) is 0 Å². The molecule has 166 valence electrons. The van der Waals surface area contributed by atoms with Crippen LogP contribution in [0.4, 0.5) is 14.5 Å². The molecule has 5 nitrogen and oxygen atoms in total. The minimum Gasteiger partial charge on any atom is -0.377 e. The fourth-order valence-electron chi connectivity index (χ4n) is 5.19. The van der Waals surface area contributed by atoms with E-state index in [1.54, 1.807) is 16.7 Å². The van der Waals surface area contributed by atoms with E-state index in [1.807, 2.05) is 32.0 Å². The largest absolute Gasteiger partial charge is 0.377 e. The van der Waals surface area contributed by atoms with E-state index in [1.165, 1.54) is 0 Å². The van der Waals surface area contributed by atoms with E-state index < -0.39 is 11.3 Å². The third-order valence-corrected chi connectivity index (χ3v) is 6.85. The van der Waals surface area contributed by atoms with Crippen LogP contribution in [0.1, 0.15) is 54.9 Å². The number of anilines is 1. The van der Waals surface area contributed by atoms with Crippen LogP contribution < -0.4 is 10.9 Å². The maximum atomic E-state index is 13.8. The van der Waals surface area contributed by atoms with Crippen LogP contribution >= 0.6 is 11.6 Å². The zero-order valence-corrected chi connectivity index (χ0v) is 18.6. The number of alkyl halides is 2. The monoisotopic (exact) mass is 456 g/mol. The Balaban J connectivity index is 1.63. The average molecular weight is 457 g/mol. The maximum absolute atomic E-state index is 13.8. The summed E-state index contributed by atoms with van der Waals surface area (Å²) < 4.78 is 29.2. The van der Waals surface area contributed by atoms with Gasteiger partial charge in [0.05, 0.1) is 28.3 Å². The van der Waals surface area contributed by atoms with E-state index in [-0.39, 0.29) is 24.4 Å². The molecular weight excluding hydrogens is 434 g/mol. The summed E-state index contributed by atoms with van der Waals surface area (Å²) in [4.78, 5) is 22.4. The summed E-state index contributed by atoms with van der Waals surface area (Å²) in [6, 6.07) is 7.10. The first-order valence-electron chi connectivity index (χ1n) is 10.6. The molecule has 8 heteroatoms. The highest BCUT2D eigenvalue weighted by Gasteiger charge is 2.61. The van der Waals surface area contributed by atoms with Gasteiger partial charge in [-0.2, -0.15) is 0 Å². The summed E-state index contributed by atoms with van der Waals surface area (Å²) in [5, 5.41) is 4.29. The third kappa shape index (κ3) is 3.22. The minimum absolute atomic E-state index is 0.158. The molecule has 1 aliphatic heterocycles. The second-order valence-corrected chi connectivity index (χ2v) is 9.41. The van der Waals surface area contributed by atoms with Gasteiger partial charge < -0.3 is 5.32 Å². The Hall–Kier alpha value is -2.80. The molecule has 1 saturated carbocycles. The quantitative estimate of drug-likeness (QED) is 0.516. The van der Waals surface area contributed by atoms with Gasteiger partial charge in [0, 0.05) is 30.4 Å². The summed E-state index contributed by atoms with van der Waals surface area (Å²) in [5.74, 6) is -2.19. The predicted octanol–water partition coefficient (Wildman–Crippen LogP) is 5.64. The zero-order valence-electron chi connectivity index (χ0n) is 17.9. The van der Waals surface area contributed by atoms with Gasteiger partial charge in [-0.05, 0) is 50.1 Å². The number of fused-ring (bicyclic) bond motifs is 3. The highest BCUT2D eigenvalue weighted by molar-refractivity contribution is 6.29. The van der Waals surface area contributed by atoms with Crippen molar-refractivity contribution >= 4 is 34.3 Å². The van der Waals surface area contributed by atoms with Gasteiger partial charge in [-0.15, -0.1) is 0 Å². The number of benzene rings is 1. The molecule has 1 unspecified atom stereocenters. The van der Waals surface area contributed by atoms with E-state index in [4.69, 9.17) is 16.6 Å². The van der Waals surface area contributed by atoms with Crippen LogP contribution in [0.2, 0.25) is 5.15 Å². The molecule has 0 radical (unpaired) electrons. The lowest BCUT2D eigenvalue weighted by molar-refractivity contribution is -0.127. The van der Waals surface area contributed by atoms with E-state index in [9.17, 15) is 13.6 Å². The van der Waals surface area contributed by atoms with Gasteiger partial charge in [0.25, 0.3) is 5.56 Å². The first-order valence-corrected chi connectivity index (χ1v) is 11.0. The van der Waals surface area contributed by atoms with Crippen LogP contribution in [0.25, 0.3) is 17.0 Å². The van der Waals surface area contributed by atoms with Crippen LogP contribution in [0.3, 0.4) is 0 Å². The van der Waals surface area contributed by atoms with Gasteiger partial charge in [0.2, 0.25) is 5.92 Å². The molecule has 1 fully saturated rings. The Bertz CT molecular complexity index is 1330. The average Bonchev–Trinajstić information content (AvgIpc) is 3.07. The van der Waals surface area contributed by atoms with Crippen molar-refractivity contribution in [2.24, 2.45) is 0 Å². The first kappa shape index (κ1) is 21.1. The number of rotatable bonds is 4. The minimum atomic E-state index is -2.69. The molecule has 1 atom stereocenters. The van der Waals surface area contributed by atoms with Gasteiger partial charge >= 0.3 is 0 Å². The number of nitrogens with one attached hydrogen (secondary N) is 1. The Morgan fingerprint density at radius 2 is 2.03 bits per heavy atom. The van der Waals surface area contributed by atoms with Crippen molar-refractivity contribution in [3.8, 4) is 0 Å². The fraction of sp³-hybridized carbons (Fsp3) is 0.375. The Morgan fingerprint density at radius 1 is 1.28 bits per heavy atom. The van der Waals surface area contributed by atoms with Gasteiger partial charge in [-0.25, -0.2) is 18.7 Å². The number of aryl methyl sites for hydroxylation is 1. The summed E-state index contributed by atoms with van der Waals surface area (Å²) in [6.45, 7) is 8.12. The lowest BCUT2D eigenvalue weighted by atomic mass is 9.65. The predicted molar refractivity (Wildman–Crippen MR) is 123 cm³/mol. The van der Waals surface area contributed by atoms with Gasteiger partial charge in [-0.1, -0.05) is 24.2 Å². The Kier molecular flexibility index (Phi) is 4.68. The van der Waals surface area contributed by atoms with E-state index in [0.717, 1.165) is 16.8 Å². The smallest absolute Gasteiger partial charge is 0.261 e. The van der Waals surface area contributed by atoms with Gasteiger partial charge in [-0.3, -0.25) is 9.36 Å². The van der Waals surface area contributed by atoms with Crippen molar-refractivity contribution < 1.29 is 8.78 Å². The standard InChI is InChI=1S/C24H23ClF2N4O/c1-4-17-18(5-6-19(25)29-17)28-14(3)15-9-13(2)10-16-20(15)30-22-23(11-24(26,27)12-23)7-8-31(22)21(16)32/h4-6,9-10,14,28H,1,7-8,11-12H2,2-3H3. The lowest BCUT2D eigenvalue weighted by Crippen LogP contribution is -2.49. The first-order chi connectivity index (χ1) is 15.1. The molecule has 2 aromatic heterocycles. The van der Waals surface area contributed by atoms with E-state index >= 15 is 0 Å². The molecule has 3 aromatic rings. The van der Waals surface area contributed by atoms with E-state index in [0.29, 0.717) is 40.5 Å². The molecule has 1 aliphatic carbocycles. The molecule has 0 bridgehead atoms. The number of hydrogen-bond acceptors (Lipinski definition) is 4. The number of nitrogens with zero attached hydrogens (tertiary/aromatic N) is 3. The molecule has 0 saturated heterocycles. The third-order valence-electron chi connectivity index (χ3n) is 6.64. The van der Waals surface area contributed by atoms with Crippen molar-refractivity contribution in [3.63, 3.8) is 0 Å². The van der Waals surface area contributed by atoms with Crippen LogP contribution in [-0.2, 0) is 12.0 Å². The summed E-state index contributed by atoms with van der Waals surface area (Å²) in [6.07, 6.45) is 1.66. The Morgan fingerprint density at radius 3 is 2.72 bits per heavy atom. The van der Waals surface area contributed by atoms with Crippen molar-refractivity contribution in [1.82, 2.24) is 14.5 Å². The lowest BCUT2D eigenvalue weighted by Gasteiger charge is -2.43. The molecule has 32 heavy (non-hydrogen) atoms. The summed E-state index contributed by atoms with van der Waals surface area (Å²) >= 11 is 6.00. The van der Waals surface area contributed by atoms with Crippen molar-refractivity contribution in [2.45, 2.75) is 57.0 Å². The second kappa shape index (κ2) is 7.10. The molecule has 5 rings (SSSR count). The molecule has 3 heterocycles. The molecular formula is C24H23ClF2N4O. The van der Waals surface area contributed by atoms with E-state index in [2.05, 4.69) is 16.9 Å². The SMILES string of the molecule is C=Cc1nc(Cl)ccc1NC(C)c1cc(C)cc2c(=O)n3c(nc12)C1(CC3)CC(F)(F)C1. The van der Waals surface area contributed by atoms with Crippen LogP contribution in [0.5, 0.6) is 0 Å². The number of pyridine rings is 1. The van der Waals surface area contributed by atoms with Gasteiger partial charge in [0.1, 0.15) is 11.0 Å². The van der Waals surface area contributed by atoms with Crippen LogP contribution in [0.15, 0.2) is 35.6 Å². The normalized spacial score (nSPS) is 18.9. The van der Waals surface area contributed by atoms with Crippen LogP contribution in [-0.4, -0.2) is 20.5 Å². The van der Waals surface area contributed by atoms with Crippen LogP contribution in [0, 0.1) is 6.92 Å². The van der Waals surface area contributed by atoms with Crippen molar-refractivity contribution in [3.05, 3.63) is 69.0 Å². The maximum Gasteiger partial charge on any atom is 0.261 e. The van der Waals surface area contributed by atoms with Crippen molar-refractivity contribution in [1.29, 1.82) is 0 Å². The number of hydrogen-bond donors (Lipinski definition) is 1. The molecule has 2 aliphatic rings. The van der Waals surface area contributed by atoms with Crippen molar-refractivity contribution in [2.75, 3.05) is 5.32 Å². The molecule has 1 aromatic carbocycles. The highest BCUT2D eigenvalue weighted by atomic mass is 35.5. The highest BCUT2D eigenvalue weighted by Crippen LogP contribution is 2.57. The molecule has 1 N–H and O–H groups in total.